The molecule has 0 aliphatic heterocycles. The second kappa shape index (κ2) is 5.58. The molecule has 2 aromatic rings. The molecular weight excluding hydrogens is 278 g/mol. The lowest BCUT2D eigenvalue weighted by molar-refractivity contribution is -0.120. The fraction of sp³-hybridized carbons (Fsp3) is 0.500. The second-order valence-corrected chi connectivity index (χ2v) is 5.90. The van der Waals surface area contributed by atoms with Crippen molar-refractivity contribution in [1.29, 1.82) is 0 Å². The smallest absolute Gasteiger partial charge is 0.340 e. The van der Waals surface area contributed by atoms with Crippen LogP contribution in [-0.4, -0.2) is 32.6 Å². The summed E-state index contributed by atoms with van der Waals surface area (Å²) in [6, 6.07) is 0. The first-order valence-electron chi connectivity index (χ1n) is 6.58. The number of hydrogen-bond acceptors (Lipinski definition) is 5. The number of nitrogens with one attached hydrogen (secondary N) is 3. The third kappa shape index (κ3) is 2.96. The molecule has 7 nitrogen and oxygen atoms in total. The number of rotatable bonds is 5. The van der Waals surface area contributed by atoms with E-state index in [1.807, 2.05) is 0 Å². The minimum Gasteiger partial charge on any atom is -0.355 e. The van der Waals surface area contributed by atoms with Crippen molar-refractivity contribution in [3.05, 3.63) is 31.9 Å². The maximum atomic E-state index is 11.6. The van der Waals surface area contributed by atoms with Gasteiger partial charge in [0.1, 0.15) is 5.82 Å². The first-order chi connectivity index (χ1) is 9.70. The number of fused-ring (bicyclic) bond motifs is 1. The Balaban J connectivity index is 1.45. The normalized spacial score (nSPS) is 13.4. The number of hydrogen-bond donors (Lipinski definition) is 3. The van der Waals surface area contributed by atoms with Gasteiger partial charge in [-0.05, 0) is 19.3 Å². The van der Waals surface area contributed by atoms with Gasteiger partial charge in [-0.2, -0.15) is 5.10 Å². The van der Waals surface area contributed by atoms with E-state index in [-0.39, 0.29) is 12.3 Å². The summed E-state index contributed by atoms with van der Waals surface area (Å²) in [4.78, 5) is 30.9. The van der Waals surface area contributed by atoms with E-state index in [0.29, 0.717) is 12.4 Å². The van der Waals surface area contributed by atoms with E-state index in [4.69, 9.17) is 0 Å². The van der Waals surface area contributed by atoms with E-state index in [0.717, 1.165) is 24.3 Å². The van der Waals surface area contributed by atoms with Crippen LogP contribution in [0.5, 0.6) is 0 Å². The van der Waals surface area contributed by atoms with Crippen LogP contribution in [0.15, 0.2) is 4.79 Å². The molecule has 1 amide bonds. The number of amides is 1. The Morgan fingerprint density at radius 1 is 1.40 bits per heavy atom. The number of aryl methyl sites for hydroxylation is 2. The molecule has 3 N–H and O–H groups in total. The molecule has 2 heterocycles. The molecule has 0 aromatic carbocycles. The molecule has 2 aromatic heterocycles. The van der Waals surface area contributed by atoms with Crippen molar-refractivity contribution in [2.45, 2.75) is 32.1 Å². The summed E-state index contributed by atoms with van der Waals surface area (Å²) in [7, 11) is 0. The molecule has 0 saturated carbocycles. The molecule has 1 aliphatic carbocycles. The van der Waals surface area contributed by atoms with Gasteiger partial charge in [0.25, 0.3) is 0 Å². The Labute approximate surface area is 118 Å². The van der Waals surface area contributed by atoms with Gasteiger partial charge in [-0.1, -0.05) is 0 Å². The lowest BCUT2D eigenvalue weighted by Crippen LogP contribution is -2.27. The molecule has 106 valence electrons. The predicted molar refractivity (Wildman–Crippen MR) is 73.8 cm³/mol. The number of carbonyl (C=O) groups is 1. The molecular formula is C12H15N5O2S. The highest BCUT2D eigenvalue weighted by Crippen LogP contribution is 2.27. The summed E-state index contributed by atoms with van der Waals surface area (Å²) in [5.74, 6) is 0.192. The summed E-state index contributed by atoms with van der Waals surface area (Å²) in [5, 5.41) is 9.81. The van der Waals surface area contributed by atoms with Crippen LogP contribution in [-0.2, 0) is 30.5 Å². The summed E-state index contributed by atoms with van der Waals surface area (Å²) in [5.41, 5.74) is 0.843. The van der Waals surface area contributed by atoms with Gasteiger partial charge in [-0.3, -0.25) is 9.78 Å². The number of nitrogens with zero attached hydrogens (tertiary/aromatic N) is 2. The quantitative estimate of drug-likeness (QED) is 0.718. The predicted octanol–water partition coefficient (Wildman–Crippen LogP) is -0.0554. The SMILES string of the molecule is O=C(Cc1n[nH]c(=O)[nH]1)NCCc1nc2c(s1)CCC2. The second-order valence-electron chi connectivity index (χ2n) is 4.73. The molecule has 0 bridgehead atoms. The topological polar surface area (TPSA) is 104 Å². The monoisotopic (exact) mass is 293 g/mol. The van der Waals surface area contributed by atoms with Crippen molar-refractivity contribution in [2.75, 3.05) is 6.54 Å². The van der Waals surface area contributed by atoms with Crippen molar-refractivity contribution >= 4 is 17.2 Å². The molecule has 0 fully saturated rings. The number of aromatic nitrogens is 4. The average Bonchev–Trinajstić information content (AvgIpc) is 3.05. The summed E-state index contributed by atoms with van der Waals surface area (Å²) >= 11 is 1.75. The van der Waals surface area contributed by atoms with Crippen molar-refractivity contribution in [3.63, 3.8) is 0 Å². The molecule has 20 heavy (non-hydrogen) atoms. The van der Waals surface area contributed by atoms with Crippen molar-refractivity contribution in [1.82, 2.24) is 25.5 Å². The third-order valence-corrected chi connectivity index (χ3v) is 4.40. The van der Waals surface area contributed by atoms with E-state index >= 15 is 0 Å². The third-order valence-electron chi connectivity index (χ3n) is 3.18. The van der Waals surface area contributed by atoms with Gasteiger partial charge in [0, 0.05) is 17.8 Å². The molecule has 0 atom stereocenters. The molecule has 1 aliphatic rings. The largest absolute Gasteiger partial charge is 0.355 e. The summed E-state index contributed by atoms with van der Waals surface area (Å²) in [6.45, 7) is 0.555. The van der Waals surface area contributed by atoms with E-state index in [9.17, 15) is 9.59 Å². The minimum absolute atomic E-state index is 0.0765. The Bertz CT molecular complexity index is 650. The Hall–Kier alpha value is -1.96. The molecule has 8 heteroatoms. The highest BCUT2D eigenvalue weighted by atomic mass is 32.1. The van der Waals surface area contributed by atoms with E-state index < -0.39 is 5.69 Å². The van der Waals surface area contributed by atoms with Crippen LogP contribution in [0.3, 0.4) is 0 Å². The lowest BCUT2D eigenvalue weighted by atomic mass is 10.3. The van der Waals surface area contributed by atoms with E-state index in [1.54, 1.807) is 11.3 Å². The summed E-state index contributed by atoms with van der Waals surface area (Å²) < 4.78 is 0. The maximum Gasteiger partial charge on any atom is 0.340 e. The highest BCUT2D eigenvalue weighted by molar-refractivity contribution is 7.11. The van der Waals surface area contributed by atoms with Crippen LogP contribution in [0.4, 0.5) is 0 Å². The van der Waals surface area contributed by atoms with Gasteiger partial charge in [0.05, 0.1) is 17.1 Å². The standard InChI is InChI=1S/C12H15N5O2S/c18-10(6-9-15-12(19)17-16-9)13-5-4-11-14-7-2-1-3-8(7)20-11/h1-6H2,(H,13,18)(H2,15,16,17,19). The maximum absolute atomic E-state index is 11.6. The van der Waals surface area contributed by atoms with Crippen molar-refractivity contribution < 1.29 is 4.79 Å². The Morgan fingerprint density at radius 2 is 2.30 bits per heavy atom. The van der Waals surface area contributed by atoms with Crippen LogP contribution in [0.1, 0.15) is 27.8 Å². The van der Waals surface area contributed by atoms with E-state index in [1.165, 1.54) is 17.0 Å². The van der Waals surface area contributed by atoms with Crippen LogP contribution in [0, 0.1) is 0 Å². The Morgan fingerprint density at radius 3 is 3.05 bits per heavy atom. The van der Waals surface area contributed by atoms with Gasteiger partial charge >= 0.3 is 5.69 Å². The lowest BCUT2D eigenvalue weighted by Gasteiger charge is -2.01. The van der Waals surface area contributed by atoms with Gasteiger partial charge in [-0.25, -0.2) is 14.9 Å². The van der Waals surface area contributed by atoms with Gasteiger partial charge in [0.15, 0.2) is 0 Å². The van der Waals surface area contributed by atoms with Crippen LogP contribution < -0.4 is 11.0 Å². The van der Waals surface area contributed by atoms with Gasteiger partial charge in [0.2, 0.25) is 5.91 Å². The zero-order valence-corrected chi connectivity index (χ0v) is 11.7. The van der Waals surface area contributed by atoms with E-state index in [2.05, 4.69) is 25.5 Å². The molecule has 0 unspecified atom stereocenters. The molecule has 0 spiro atoms. The number of H-pyrrole nitrogens is 2. The Kier molecular flexibility index (Phi) is 3.64. The van der Waals surface area contributed by atoms with Crippen molar-refractivity contribution in [2.24, 2.45) is 0 Å². The van der Waals surface area contributed by atoms with Crippen molar-refractivity contribution in [3.8, 4) is 0 Å². The number of aromatic amines is 2. The fourth-order valence-corrected chi connectivity index (χ4v) is 3.42. The first kappa shape index (κ1) is 13.0. The molecule has 0 saturated heterocycles. The zero-order chi connectivity index (χ0) is 13.9. The van der Waals surface area contributed by atoms with Gasteiger partial charge in [-0.15, -0.1) is 11.3 Å². The molecule has 0 radical (unpaired) electrons. The molecule has 3 rings (SSSR count). The van der Waals surface area contributed by atoms with Crippen LogP contribution in [0.2, 0.25) is 0 Å². The zero-order valence-electron chi connectivity index (χ0n) is 10.9. The first-order valence-corrected chi connectivity index (χ1v) is 7.40. The number of thiazole rings is 1. The van der Waals surface area contributed by atoms with Gasteiger partial charge < -0.3 is 5.32 Å². The highest BCUT2D eigenvalue weighted by Gasteiger charge is 2.16. The number of carbonyl (C=O) groups excluding carboxylic acids is 1. The van der Waals surface area contributed by atoms with Crippen LogP contribution >= 0.6 is 11.3 Å². The summed E-state index contributed by atoms with van der Waals surface area (Å²) in [6.07, 6.45) is 4.28. The average molecular weight is 293 g/mol. The minimum atomic E-state index is -0.398. The van der Waals surface area contributed by atoms with Crippen LogP contribution in [0.25, 0.3) is 0 Å². The fourth-order valence-electron chi connectivity index (χ4n) is 2.26.